The van der Waals surface area contributed by atoms with Crippen molar-refractivity contribution >= 4 is 23.8 Å². The van der Waals surface area contributed by atoms with Gasteiger partial charge in [-0.15, -0.1) is 0 Å². The fraction of sp³-hybridized carbons (Fsp3) is 0.400. The number of rotatable bonds is 7. The summed E-state index contributed by atoms with van der Waals surface area (Å²) in [5.41, 5.74) is 6.58. The second-order valence-electron chi connectivity index (χ2n) is 5.09. The lowest BCUT2D eigenvalue weighted by Gasteiger charge is -2.18. The van der Waals surface area contributed by atoms with Gasteiger partial charge in [-0.25, -0.2) is 0 Å². The third kappa shape index (κ3) is 5.64. The Labute approximate surface area is 124 Å². The van der Waals surface area contributed by atoms with E-state index in [4.69, 9.17) is 5.73 Å². The highest BCUT2D eigenvalue weighted by molar-refractivity contribution is 5.94. The molecule has 21 heavy (non-hydrogen) atoms. The van der Waals surface area contributed by atoms with Crippen LogP contribution in [-0.4, -0.2) is 30.7 Å². The van der Waals surface area contributed by atoms with E-state index in [1.54, 1.807) is 38.1 Å². The van der Waals surface area contributed by atoms with Crippen molar-refractivity contribution in [2.75, 3.05) is 12.3 Å². The quantitative estimate of drug-likeness (QED) is 0.509. The van der Waals surface area contributed by atoms with Crippen LogP contribution < -0.4 is 16.4 Å². The van der Waals surface area contributed by atoms with Crippen molar-refractivity contribution in [3.8, 4) is 0 Å². The van der Waals surface area contributed by atoms with Crippen LogP contribution in [0.5, 0.6) is 0 Å². The van der Waals surface area contributed by atoms with Crippen molar-refractivity contribution in [3.05, 3.63) is 29.8 Å². The summed E-state index contributed by atoms with van der Waals surface area (Å²) in [6.07, 6.45) is 0.856. The Balaban J connectivity index is 2.60. The summed E-state index contributed by atoms with van der Waals surface area (Å²) in [4.78, 5) is 34.2. The van der Waals surface area contributed by atoms with Crippen LogP contribution in [0.25, 0.3) is 0 Å². The van der Waals surface area contributed by atoms with Crippen molar-refractivity contribution in [1.82, 2.24) is 10.6 Å². The van der Waals surface area contributed by atoms with Crippen LogP contribution in [0.2, 0.25) is 0 Å². The fourth-order valence-electron chi connectivity index (χ4n) is 1.64. The number of nitrogens with one attached hydrogen (secondary N) is 2. The molecular formula is C15H21N3O3. The molecule has 114 valence electrons. The third-order valence-corrected chi connectivity index (χ3v) is 2.94. The SMILES string of the molecule is CC(C)C(=O)NCC(CC=O)NC(=O)c1ccc(N)cc1. The van der Waals surface area contributed by atoms with Gasteiger partial charge in [0.1, 0.15) is 6.29 Å². The predicted octanol–water partition coefficient (Wildman–Crippen LogP) is 0.728. The molecule has 1 unspecified atom stereocenters. The van der Waals surface area contributed by atoms with Gasteiger partial charge in [0.15, 0.2) is 0 Å². The van der Waals surface area contributed by atoms with Crippen molar-refractivity contribution in [2.24, 2.45) is 5.92 Å². The van der Waals surface area contributed by atoms with Gasteiger partial charge in [0.25, 0.3) is 5.91 Å². The van der Waals surface area contributed by atoms with Gasteiger partial charge in [0, 0.05) is 30.1 Å². The van der Waals surface area contributed by atoms with E-state index in [0.717, 1.165) is 6.29 Å². The van der Waals surface area contributed by atoms with Crippen LogP contribution in [0.15, 0.2) is 24.3 Å². The number of hydrogen-bond donors (Lipinski definition) is 3. The Morgan fingerprint density at radius 3 is 2.38 bits per heavy atom. The van der Waals surface area contributed by atoms with Crippen molar-refractivity contribution in [1.29, 1.82) is 0 Å². The fourth-order valence-corrected chi connectivity index (χ4v) is 1.64. The summed E-state index contributed by atoms with van der Waals surface area (Å²) in [6, 6.07) is 6.04. The van der Waals surface area contributed by atoms with E-state index in [2.05, 4.69) is 10.6 Å². The number of carbonyl (C=O) groups excluding carboxylic acids is 3. The van der Waals surface area contributed by atoms with Gasteiger partial charge in [-0.05, 0) is 24.3 Å². The average Bonchev–Trinajstić information content (AvgIpc) is 2.45. The molecule has 0 heterocycles. The molecule has 0 aliphatic rings. The maximum atomic E-state index is 12.0. The summed E-state index contributed by atoms with van der Waals surface area (Å²) in [5, 5.41) is 5.42. The van der Waals surface area contributed by atoms with Crippen LogP contribution in [0, 0.1) is 5.92 Å². The number of anilines is 1. The molecule has 1 aromatic rings. The molecule has 0 aromatic heterocycles. The molecule has 1 rings (SSSR count). The molecule has 0 radical (unpaired) electrons. The lowest BCUT2D eigenvalue weighted by molar-refractivity contribution is -0.124. The lowest BCUT2D eigenvalue weighted by atomic mass is 10.1. The normalized spacial score (nSPS) is 11.8. The number of nitrogens with two attached hydrogens (primary N) is 1. The summed E-state index contributed by atoms with van der Waals surface area (Å²) in [7, 11) is 0. The van der Waals surface area contributed by atoms with Gasteiger partial charge in [-0.3, -0.25) is 9.59 Å². The number of carbonyl (C=O) groups is 3. The van der Waals surface area contributed by atoms with E-state index in [1.807, 2.05) is 0 Å². The molecule has 0 saturated carbocycles. The molecule has 0 aliphatic heterocycles. The molecule has 6 nitrogen and oxygen atoms in total. The molecule has 1 aromatic carbocycles. The molecule has 0 fully saturated rings. The first kappa shape index (κ1) is 16.7. The topological polar surface area (TPSA) is 101 Å². The summed E-state index contributed by atoms with van der Waals surface area (Å²) < 4.78 is 0. The van der Waals surface area contributed by atoms with Crippen molar-refractivity contribution < 1.29 is 14.4 Å². The summed E-state index contributed by atoms with van der Waals surface area (Å²) in [5.74, 6) is -0.567. The van der Waals surface area contributed by atoms with E-state index in [-0.39, 0.29) is 30.7 Å². The Hall–Kier alpha value is -2.37. The standard InChI is InChI=1S/C15H21N3O3/c1-10(2)14(20)17-9-13(7-8-19)18-15(21)11-3-5-12(16)6-4-11/h3-6,8,10,13H,7,9,16H2,1-2H3,(H,17,20)(H,18,21). The second kappa shape index (κ2) is 8.04. The molecular weight excluding hydrogens is 270 g/mol. The van der Waals surface area contributed by atoms with Crippen LogP contribution in [-0.2, 0) is 9.59 Å². The Morgan fingerprint density at radius 2 is 1.86 bits per heavy atom. The highest BCUT2D eigenvalue weighted by Crippen LogP contribution is 2.06. The first-order valence-corrected chi connectivity index (χ1v) is 6.81. The number of hydrogen-bond acceptors (Lipinski definition) is 4. The van der Waals surface area contributed by atoms with Gasteiger partial charge in [-0.2, -0.15) is 0 Å². The molecule has 6 heteroatoms. The van der Waals surface area contributed by atoms with E-state index >= 15 is 0 Å². The maximum Gasteiger partial charge on any atom is 0.251 e. The number of benzene rings is 1. The molecule has 0 aliphatic carbocycles. The van der Waals surface area contributed by atoms with Crippen LogP contribution in [0.4, 0.5) is 5.69 Å². The van der Waals surface area contributed by atoms with Gasteiger partial charge < -0.3 is 21.2 Å². The number of nitrogen functional groups attached to an aromatic ring is 1. The van der Waals surface area contributed by atoms with E-state index in [0.29, 0.717) is 11.3 Å². The zero-order chi connectivity index (χ0) is 15.8. The van der Waals surface area contributed by atoms with Crippen molar-refractivity contribution in [3.63, 3.8) is 0 Å². The third-order valence-electron chi connectivity index (χ3n) is 2.94. The Kier molecular flexibility index (Phi) is 6.39. The average molecular weight is 291 g/mol. The molecule has 0 spiro atoms. The van der Waals surface area contributed by atoms with E-state index in [9.17, 15) is 14.4 Å². The minimum absolute atomic E-state index is 0.118. The number of aldehydes is 1. The highest BCUT2D eigenvalue weighted by atomic mass is 16.2. The summed E-state index contributed by atoms with van der Waals surface area (Å²) in [6.45, 7) is 3.77. The van der Waals surface area contributed by atoms with Gasteiger partial charge in [0.05, 0.1) is 6.04 Å². The van der Waals surface area contributed by atoms with Gasteiger partial charge in [-0.1, -0.05) is 13.8 Å². The lowest BCUT2D eigenvalue weighted by Crippen LogP contribution is -2.44. The number of amides is 2. The minimum Gasteiger partial charge on any atom is -0.399 e. The van der Waals surface area contributed by atoms with Crippen LogP contribution in [0.3, 0.4) is 0 Å². The maximum absolute atomic E-state index is 12.0. The first-order valence-electron chi connectivity index (χ1n) is 6.81. The van der Waals surface area contributed by atoms with Crippen LogP contribution >= 0.6 is 0 Å². The van der Waals surface area contributed by atoms with E-state index < -0.39 is 6.04 Å². The molecule has 0 bridgehead atoms. The molecule has 1 atom stereocenters. The zero-order valence-electron chi connectivity index (χ0n) is 12.3. The summed E-state index contributed by atoms with van der Waals surface area (Å²) >= 11 is 0. The van der Waals surface area contributed by atoms with E-state index in [1.165, 1.54) is 0 Å². The Bertz CT molecular complexity index is 497. The minimum atomic E-state index is -0.435. The van der Waals surface area contributed by atoms with Crippen molar-refractivity contribution in [2.45, 2.75) is 26.3 Å². The smallest absolute Gasteiger partial charge is 0.251 e. The first-order chi connectivity index (χ1) is 9.93. The zero-order valence-corrected chi connectivity index (χ0v) is 12.3. The largest absolute Gasteiger partial charge is 0.399 e. The molecule has 4 N–H and O–H groups in total. The van der Waals surface area contributed by atoms with Gasteiger partial charge in [0.2, 0.25) is 5.91 Å². The molecule has 2 amide bonds. The van der Waals surface area contributed by atoms with Gasteiger partial charge >= 0.3 is 0 Å². The van der Waals surface area contributed by atoms with Crippen LogP contribution in [0.1, 0.15) is 30.6 Å². The Morgan fingerprint density at radius 1 is 1.24 bits per heavy atom. The second-order valence-corrected chi connectivity index (χ2v) is 5.09. The predicted molar refractivity (Wildman–Crippen MR) is 80.6 cm³/mol. The molecule has 0 saturated heterocycles. The monoisotopic (exact) mass is 291 g/mol. The highest BCUT2D eigenvalue weighted by Gasteiger charge is 2.15.